The second kappa shape index (κ2) is 6.40. The zero-order valence-corrected chi connectivity index (χ0v) is 12.4. The number of hydrogen-bond acceptors (Lipinski definition) is 3. The fraction of sp³-hybridized carbons (Fsp3) is 0.750. The number of hydrogen-bond donors (Lipinski definition) is 2. The van der Waals surface area contributed by atoms with Crippen LogP contribution in [0.3, 0.4) is 0 Å². The maximum Gasteiger partial charge on any atom is 0.329 e. The molecule has 2 N–H and O–H groups in total. The number of urea groups is 1. The third-order valence-electron chi connectivity index (χ3n) is 2.81. The first-order valence-electron chi connectivity index (χ1n) is 6.01. The topological polar surface area (TPSA) is 90.0 Å². The summed E-state index contributed by atoms with van der Waals surface area (Å²) in [4.78, 5) is 36.9. The summed E-state index contributed by atoms with van der Waals surface area (Å²) in [5.74, 6) is -1.39. The third-order valence-corrected chi connectivity index (χ3v) is 2.81. The number of carbonyl (C=O) groups excluding carboxylic acids is 2. The highest BCUT2D eigenvalue weighted by atomic mass is 16.4. The Morgan fingerprint density at radius 3 is 2.05 bits per heavy atom. The van der Waals surface area contributed by atoms with Crippen LogP contribution in [0.25, 0.3) is 0 Å². The van der Waals surface area contributed by atoms with Gasteiger partial charge in [-0.05, 0) is 27.7 Å². The van der Waals surface area contributed by atoms with Crippen molar-refractivity contribution in [2.24, 2.45) is 0 Å². The van der Waals surface area contributed by atoms with E-state index in [1.54, 1.807) is 0 Å². The van der Waals surface area contributed by atoms with Crippen LogP contribution in [0.5, 0.6) is 0 Å². The van der Waals surface area contributed by atoms with Crippen LogP contribution in [0.4, 0.5) is 4.79 Å². The highest BCUT2D eigenvalue weighted by Gasteiger charge is 2.36. The number of likely N-dealkylation sites (N-methyl/N-ethyl adjacent to an activating group) is 2. The van der Waals surface area contributed by atoms with Crippen LogP contribution < -0.4 is 5.32 Å². The van der Waals surface area contributed by atoms with E-state index in [0.717, 1.165) is 4.90 Å². The van der Waals surface area contributed by atoms with E-state index < -0.39 is 17.5 Å². The average molecular weight is 273 g/mol. The Kier molecular flexibility index (Phi) is 5.80. The van der Waals surface area contributed by atoms with Crippen molar-refractivity contribution in [2.75, 3.05) is 20.6 Å². The number of aliphatic carboxylic acids is 1. The quantitative estimate of drug-likeness (QED) is 0.756. The number of nitrogens with one attached hydrogen (secondary N) is 1. The number of carbonyl (C=O) groups is 3. The van der Waals surface area contributed by atoms with Gasteiger partial charge in [-0.25, -0.2) is 9.59 Å². The van der Waals surface area contributed by atoms with Gasteiger partial charge < -0.3 is 20.2 Å². The second-order valence-corrected chi connectivity index (χ2v) is 5.28. The van der Waals surface area contributed by atoms with Crippen molar-refractivity contribution in [3.05, 3.63) is 0 Å². The van der Waals surface area contributed by atoms with E-state index in [0.29, 0.717) is 0 Å². The molecule has 7 heteroatoms. The maximum atomic E-state index is 12.0. The van der Waals surface area contributed by atoms with Crippen LogP contribution in [0.1, 0.15) is 27.7 Å². The van der Waals surface area contributed by atoms with Crippen LogP contribution in [0, 0.1) is 0 Å². The van der Waals surface area contributed by atoms with E-state index in [-0.39, 0.29) is 18.5 Å². The van der Waals surface area contributed by atoms with E-state index in [4.69, 9.17) is 5.11 Å². The minimum atomic E-state index is -1.33. The van der Waals surface area contributed by atoms with E-state index in [9.17, 15) is 14.4 Å². The molecule has 7 nitrogen and oxygen atoms in total. The van der Waals surface area contributed by atoms with Gasteiger partial charge in [-0.2, -0.15) is 0 Å². The van der Waals surface area contributed by atoms with Crippen molar-refractivity contribution < 1.29 is 19.5 Å². The molecular formula is C12H23N3O4. The lowest BCUT2D eigenvalue weighted by Crippen LogP contribution is -2.55. The zero-order chi connectivity index (χ0) is 15.4. The fourth-order valence-electron chi connectivity index (χ4n) is 1.29. The van der Waals surface area contributed by atoms with Crippen LogP contribution in [0.2, 0.25) is 0 Å². The molecule has 0 unspecified atom stereocenters. The van der Waals surface area contributed by atoms with Crippen molar-refractivity contribution in [1.29, 1.82) is 0 Å². The van der Waals surface area contributed by atoms with E-state index >= 15 is 0 Å². The smallest absolute Gasteiger partial charge is 0.329 e. The summed E-state index contributed by atoms with van der Waals surface area (Å²) in [5.41, 5.74) is -1.33. The molecule has 0 aliphatic carbocycles. The predicted molar refractivity (Wildman–Crippen MR) is 70.8 cm³/mol. The molecule has 0 fully saturated rings. The third kappa shape index (κ3) is 4.76. The Morgan fingerprint density at radius 1 is 1.21 bits per heavy atom. The van der Waals surface area contributed by atoms with E-state index in [1.165, 1.54) is 32.8 Å². The van der Waals surface area contributed by atoms with E-state index in [1.807, 2.05) is 13.8 Å². The van der Waals surface area contributed by atoms with Crippen LogP contribution in [0.15, 0.2) is 0 Å². The zero-order valence-electron chi connectivity index (χ0n) is 12.4. The largest absolute Gasteiger partial charge is 0.480 e. The Bertz CT molecular complexity index is 366. The van der Waals surface area contributed by atoms with Gasteiger partial charge in [0.05, 0.1) is 0 Å². The highest BCUT2D eigenvalue weighted by molar-refractivity contribution is 5.88. The SMILES string of the molecule is CC(C)NC(=O)CN(C)C(=O)N(C)C(C)(C)C(=O)O. The van der Waals surface area contributed by atoms with Gasteiger partial charge in [0.1, 0.15) is 12.1 Å². The first kappa shape index (κ1) is 17.2. The van der Waals surface area contributed by atoms with Gasteiger partial charge in [-0.1, -0.05) is 0 Å². The Morgan fingerprint density at radius 2 is 1.68 bits per heavy atom. The molecule has 110 valence electrons. The summed E-state index contributed by atoms with van der Waals surface area (Å²) >= 11 is 0. The molecule has 0 atom stereocenters. The van der Waals surface area contributed by atoms with Crippen LogP contribution >= 0.6 is 0 Å². The molecule has 0 spiro atoms. The van der Waals surface area contributed by atoms with Crippen molar-refractivity contribution in [3.63, 3.8) is 0 Å². The molecule has 0 saturated heterocycles. The summed E-state index contributed by atoms with van der Waals surface area (Å²) in [6, 6.07) is -0.532. The van der Waals surface area contributed by atoms with Gasteiger partial charge in [-0.15, -0.1) is 0 Å². The summed E-state index contributed by atoms with van der Waals surface area (Å²) in [5, 5.41) is 11.7. The van der Waals surface area contributed by atoms with E-state index in [2.05, 4.69) is 5.32 Å². The number of carboxylic acid groups (broad SMARTS) is 1. The molecule has 0 rings (SSSR count). The molecule has 0 radical (unpaired) electrons. The lowest BCUT2D eigenvalue weighted by atomic mass is 10.0. The number of amides is 3. The molecule has 0 aliphatic heterocycles. The molecular weight excluding hydrogens is 250 g/mol. The van der Waals surface area contributed by atoms with Crippen molar-refractivity contribution in [2.45, 2.75) is 39.3 Å². The summed E-state index contributed by atoms with van der Waals surface area (Å²) in [6.45, 7) is 6.38. The van der Waals surface area contributed by atoms with Gasteiger partial charge in [0, 0.05) is 20.1 Å². The normalized spacial score (nSPS) is 11.1. The first-order valence-corrected chi connectivity index (χ1v) is 6.01. The van der Waals surface area contributed by atoms with Gasteiger partial charge >= 0.3 is 12.0 Å². The minimum absolute atomic E-state index is 0.0100. The van der Waals surface area contributed by atoms with Gasteiger partial charge in [0.25, 0.3) is 0 Å². The molecule has 0 aromatic rings. The maximum absolute atomic E-state index is 12.0. The lowest BCUT2D eigenvalue weighted by Gasteiger charge is -2.34. The van der Waals surface area contributed by atoms with Gasteiger partial charge in [-0.3, -0.25) is 4.79 Å². The molecule has 0 aromatic heterocycles. The average Bonchev–Trinajstić information content (AvgIpc) is 2.25. The summed E-state index contributed by atoms with van der Waals surface area (Å²) < 4.78 is 0. The molecule has 0 aromatic carbocycles. The minimum Gasteiger partial charge on any atom is -0.480 e. The molecule has 0 saturated carbocycles. The molecule has 0 heterocycles. The number of rotatable bonds is 5. The number of carboxylic acids is 1. The fourth-order valence-corrected chi connectivity index (χ4v) is 1.29. The highest BCUT2D eigenvalue weighted by Crippen LogP contribution is 2.14. The Balaban J connectivity index is 4.66. The Labute approximate surface area is 113 Å². The summed E-state index contributed by atoms with van der Waals surface area (Å²) in [6.07, 6.45) is 0. The van der Waals surface area contributed by atoms with Gasteiger partial charge in [0.15, 0.2) is 0 Å². The molecule has 19 heavy (non-hydrogen) atoms. The molecule has 0 aliphatic rings. The van der Waals surface area contributed by atoms with Crippen molar-refractivity contribution in [3.8, 4) is 0 Å². The van der Waals surface area contributed by atoms with Crippen LogP contribution in [-0.4, -0.2) is 65.0 Å². The second-order valence-electron chi connectivity index (χ2n) is 5.28. The molecule has 0 bridgehead atoms. The van der Waals surface area contributed by atoms with Crippen molar-refractivity contribution in [1.82, 2.24) is 15.1 Å². The first-order chi connectivity index (χ1) is 8.50. The monoisotopic (exact) mass is 273 g/mol. The molecule has 3 amide bonds. The summed E-state index contributed by atoms with van der Waals surface area (Å²) in [7, 11) is 2.85. The van der Waals surface area contributed by atoms with Crippen molar-refractivity contribution >= 4 is 17.9 Å². The lowest BCUT2D eigenvalue weighted by molar-refractivity contribution is -0.147. The Hall–Kier alpha value is -1.79. The van der Waals surface area contributed by atoms with Crippen LogP contribution in [-0.2, 0) is 9.59 Å². The van der Waals surface area contributed by atoms with Gasteiger partial charge in [0.2, 0.25) is 5.91 Å². The predicted octanol–water partition coefficient (Wildman–Crippen LogP) is 0.358. The number of nitrogens with zero attached hydrogens (tertiary/aromatic N) is 2. The standard InChI is InChI=1S/C12H23N3O4/c1-8(2)13-9(16)7-14(5)11(19)15(6)12(3,4)10(17)18/h8H,7H2,1-6H3,(H,13,16)(H,17,18).